The van der Waals surface area contributed by atoms with Gasteiger partial charge in [-0.25, -0.2) is 4.98 Å². The molecule has 7 heteroatoms. The number of ether oxygens (including phenoxy) is 2. The maximum atomic E-state index is 12.4. The van der Waals surface area contributed by atoms with Crippen LogP contribution in [0.4, 0.5) is 0 Å². The monoisotopic (exact) mass is 424 g/mol. The number of benzene rings is 2. The first-order chi connectivity index (χ1) is 14.5. The fourth-order valence-electron chi connectivity index (χ4n) is 2.87. The molecule has 0 bridgehead atoms. The molecule has 6 nitrogen and oxygen atoms in total. The molecule has 0 spiro atoms. The van der Waals surface area contributed by atoms with Gasteiger partial charge < -0.3 is 14.4 Å². The first-order valence-electron chi connectivity index (χ1n) is 9.53. The summed E-state index contributed by atoms with van der Waals surface area (Å²) in [6.07, 6.45) is 0.0257. The molecule has 1 unspecified atom stereocenters. The van der Waals surface area contributed by atoms with Crippen molar-refractivity contribution in [3.63, 3.8) is 0 Å². The summed E-state index contributed by atoms with van der Waals surface area (Å²) >= 11 is 1.45. The van der Waals surface area contributed by atoms with Crippen LogP contribution in [-0.4, -0.2) is 42.5 Å². The number of carbonyl (C=O) groups excluding carboxylic acids is 2. The van der Waals surface area contributed by atoms with E-state index in [2.05, 4.69) is 4.98 Å². The minimum absolute atomic E-state index is 0.0257. The van der Waals surface area contributed by atoms with Gasteiger partial charge in [0.05, 0.1) is 25.3 Å². The van der Waals surface area contributed by atoms with Crippen LogP contribution >= 0.6 is 11.3 Å². The van der Waals surface area contributed by atoms with Crippen molar-refractivity contribution in [2.24, 2.45) is 0 Å². The second kappa shape index (κ2) is 10.0. The fourth-order valence-corrected chi connectivity index (χ4v) is 3.69. The van der Waals surface area contributed by atoms with Crippen molar-refractivity contribution in [2.45, 2.75) is 19.4 Å². The van der Waals surface area contributed by atoms with Gasteiger partial charge in [0.1, 0.15) is 10.8 Å². The maximum absolute atomic E-state index is 12.4. The molecule has 30 heavy (non-hydrogen) atoms. The van der Waals surface area contributed by atoms with Gasteiger partial charge in [-0.05, 0) is 36.8 Å². The van der Waals surface area contributed by atoms with Crippen LogP contribution < -0.4 is 4.74 Å². The summed E-state index contributed by atoms with van der Waals surface area (Å²) in [6, 6.07) is 17.2. The Labute approximate surface area is 180 Å². The highest BCUT2D eigenvalue weighted by Crippen LogP contribution is 2.26. The molecule has 1 heterocycles. The molecule has 3 aromatic rings. The second-order valence-corrected chi connectivity index (χ2v) is 7.66. The summed E-state index contributed by atoms with van der Waals surface area (Å²) in [4.78, 5) is 30.6. The van der Waals surface area contributed by atoms with E-state index in [1.807, 2.05) is 66.9 Å². The Hall–Kier alpha value is -3.19. The number of likely N-dealkylation sites (N-methyl/N-ethyl adjacent to an activating group) is 1. The third kappa shape index (κ3) is 5.45. The Morgan fingerprint density at radius 1 is 1.10 bits per heavy atom. The molecular formula is C23H24N2O4S. The molecule has 0 saturated carbocycles. The minimum atomic E-state index is -0.476. The van der Waals surface area contributed by atoms with Crippen LogP contribution in [0, 0.1) is 0 Å². The van der Waals surface area contributed by atoms with Gasteiger partial charge in [0.2, 0.25) is 0 Å². The second-order valence-electron chi connectivity index (χ2n) is 6.80. The first-order valence-corrected chi connectivity index (χ1v) is 10.4. The average molecular weight is 425 g/mol. The zero-order valence-corrected chi connectivity index (χ0v) is 18.0. The Bertz CT molecular complexity index is 986. The normalized spacial score (nSPS) is 11.6. The molecule has 0 aliphatic rings. The van der Waals surface area contributed by atoms with Crippen LogP contribution in [0.3, 0.4) is 0 Å². The van der Waals surface area contributed by atoms with E-state index < -0.39 is 5.97 Å². The summed E-state index contributed by atoms with van der Waals surface area (Å²) in [5, 5.41) is 2.64. The molecule has 1 amide bonds. The lowest BCUT2D eigenvalue weighted by Crippen LogP contribution is -2.33. The largest absolute Gasteiger partial charge is 0.497 e. The Morgan fingerprint density at radius 2 is 1.80 bits per heavy atom. The lowest BCUT2D eigenvalue weighted by molar-refractivity contribution is -0.151. The molecule has 1 atom stereocenters. The fraction of sp³-hybridized carbons (Fsp3) is 0.261. The molecule has 0 N–H and O–H groups in total. The summed E-state index contributed by atoms with van der Waals surface area (Å²) < 4.78 is 10.3. The summed E-state index contributed by atoms with van der Waals surface area (Å²) in [5.74, 6) is 0.0444. The van der Waals surface area contributed by atoms with E-state index in [-0.39, 0.29) is 25.0 Å². The molecule has 2 aromatic carbocycles. The van der Waals surface area contributed by atoms with E-state index >= 15 is 0 Å². The van der Waals surface area contributed by atoms with Gasteiger partial charge in [0, 0.05) is 18.0 Å². The molecule has 0 fully saturated rings. The SMILES string of the molecule is COc1ccc(-c2nc(CC(=O)OCC(=O)N(C)C(C)c3ccccc3)cs2)cc1. The number of nitrogens with zero attached hydrogens (tertiary/aromatic N) is 2. The minimum Gasteiger partial charge on any atom is -0.497 e. The molecule has 1 aromatic heterocycles. The van der Waals surface area contributed by atoms with Crippen molar-refractivity contribution < 1.29 is 19.1 Å². The third-order valence-electron chi connectivity index (χ3n) is 4.83. The van der Waals surface area contributed by atoms with E-state index in [4.69, 9.17) is 9.47 Å². The number of carbonyl (C=O) groups is 2. The van der Waals surface area contributed by atoms with E-state index in [9.17, 15) is 9.59 Å². The molecule has 0 radical (unpaired) electrons. The van der Waals surface area contributed by atoms with Crippen molar-refractivity contribution in [3.05, 3.63) is 71.2 Å². The first kappa shape index (κ1) is 21.5. The van der Waals surface area contributed by atoms with Crippen LogP contribution in [0.15, 0.2) is 60.0 Å². The Balaban J connectivity index is 1.51. The molecule has 156 valence electrons. The lowest BCUT2D eigenvalue weighted by atomic mass is 10.1. The van der Waals surface area contributed by atoms with Crippen LogP contribution in [0.25, 0.3) is 10.6 Å². The number of amides is 1. The van der Waals surface area contributed by atoms with Crippen molar-refractivity contribution in [2.75, 3.05) is 20.8 Å². The lowest BCUT2D eigenvalue weighted by Gasteiger charge is -2.25. The Kier molecular flexibility index (Phi) is 7.19. The highest BCUT2D eigenvalue weighted by Gasteiger charge is 2.19. The van der Waals surface area contributed by atoms with E-state index in [1.165, 1.54) is 11.3 Å². The van der Waals surface area contributed by atoms with Gasteiger partial charge in [-0.2, -0.15) is 0 Å². The number of hydrogen-bond acceptors (Lipinski definition) is 6. The number of thiazole rings is 1. The number of hydrogen-bond donors (Lipinski definition) is 0. The van der Waals surface area contributed by atoms with Crippen molar-refractivity contribution in [1.82, 2.24) is 9.88 Å². The zero-order valence-electron chi connectivity index (χ0n) is 17.2. The maximum Gasteiger partial charge on any atom is 0.312 e. The zero-order chi connectivity index (χ0) is 21.5. The number of aromatic nitrogens is 1. The van der Waals surface area contributed by atoms with Crippen LogP contribution in [0.2, 0.25) is 0 Å². The topological polar surface area (TPSA) is 68.7 Å². The predicted molar refractivity (Wildman–Crippen MR) is 116 cm³/mol. The smallest absolute Gasteiger partial charge is 0.312 e. The molecule has 3 rings (SSSR count). The van der Waals surface area contributed by atoms with Gasteiger partial charge in [-0.1, -0.05) is 30.3 Å². The van der Waals surface area contributed by atoms with E-state index in [0.29, 0.717) is 5.69 Å². The molecule has 0 saturated heterocycles. The van der Waals surface area contributed by atoms with Crippen molar-refractivity contribution in [1.29, 1.82) is 0 Å². The predicted octanol–water partition coefficient (Wildman–Crippen LogP) is 4.12. The van der Waals surface area contributed by atoms with Gasteiger partial charge >= 0.3 is 5.97 Å². The number of methoxy groups -OCH3 is 1. The van der Waals surface area contributed by atoms with Gasteiger partial charge in [-0.3, -0.25) is 9.59 Å². The number of rotatable bonds is 8. The van der Waals surface area contributed by atoms with Gasteiger partial charge in [0.25, 0.3) is 5.91 Å². The standard InChI is InChI=1S/C23H24N2O4S/c1-16(17-7-5-4-6-8-17)25(2)21(26)14-29-22(27)13-19-15-30-23(24-19)18-9-11-20(28-3)12-10-18/h4-12,15-16H,13-14H2,1-3H3. The quantitative estimate of drug-likeness (QED) is 0.509. The average Bonchev–Trinajstić information content (AvgIpc) is 3.25. The third-order valence-corrected chi connectivity index (χ3v) is 5.77. The van der Waals surface area contributed by atoms with E-state index in [1.54, 1.807) is 19.1 Å². The molecule has 0 aliphatic heterocycles. The van der Waals surface area contributed by atoms with Gasteiger partial charge in [0.15, 0.2) is 6.61 Å². The highest BCUT2D eigenvalue weighted by molar-refractivity contribution is 7.13. The van der Waals surface area contributed by atoms with Crippen LogP contribution in [0.1, 0.15) is 24.2 Å². The van der Waals surface area contributed by atoms with Crippen molar-refractivity contribution in [3.8, 4) is 16.3 Å². The van der Waals surface area contributed by atoms with E-state index in [0.717, 1.165) is 21.9 Å². The van der Waals surface area contributed by atoms with Crippen LogP contribution in [0.5, 0.6) is 5.75 Å². The van der Waals surface area contributed by atoms with Crippen LogP contribution in [-0.2, 0) is 20.7 Å². The Morgan fingerprint density at radius 3 is 2.47 bits per heavy atom. The summed E-state index contributed by atoms with van der Waals surface area (Å²) in [6.45, 7) is 1.65. The van der Waals surface area contributed by atoms with Crippen molar-refractivity contribution >= 4 is 23.2 Å². The van der Waals surface area contributed by atoms with Gasteiger partial charge in [-0.15, -0.1) is 11.3 Å². The summed E-state index contributed by atoms with van der Waals surface area (Å²) in [5.41, 5.74) is 2.59. The summed E-state index contributed by atoms with van der Waals surface area (Å²) in [7, 11) is 3.32. The number of esters is 1. The highest BCUT2D eigenvalue weighted by atomic mass is 32.1. The molecule has 0 aliphatic carbocycles. The molecular weight excluding hydrogens is 400 g/mol.